The fraction of sp³-hybridized carbons (Fsp3) is 0.400. The highest BCUT2D eigenvalue weighted by Gasteiger charge is 2.26. The van der Waals surface area contributed by atoms with E-state index in [0.29, 0.717) is 0 Å². The van der Waals surface area contributed by atoms with E-state index in [-0.39, 0.29) is 0 Å². The molecule has 0 atom stereocenters. The number of fused-ring (bicyclic) bond motifs is 1. The molecule has 120 valence electrons. The second-order valence-electron chi connectivity index (χ2n) is 6.92. The lowest BCUT2D eigenvalue weighted by Crippen LogP contribution is -2.32. The fourth-order valence-corrected chi connectivity index (χ4v) is 3.57. The normalized spacial score (nSPS) is 17.8. The van der Waals surface area contributed by atoms with Crippen molar-refractivity contribution in [1.29, 1.82) is 0 Å². The summed E-state index contributed by atoms with van der Waals surface area (Å²) in [6.45, 7) is 3.61. The van der Waals surface area contributed by atoms with Gasteiger partial charge in [0.15, 0.2) is 0 Å². The van der Waals surface area contributed by atoms with Crippen LogP contribution in [0.1, 0.15) is 24.0 Å². The summed E-state index contributed by atoms with van der Waals surface area (Å²) in [6.07, 6.45) is 4.05. The minimum Gasteiger partial charge on any atom is -0.345 e. The van der Waals surface area contributed by atoms with Crippen LogP contribution in [-0.2, 0) is 13.0 Å². The van der Waals surface area contributed by atoms with Gasteiger partial charge in [0.25, 0.3) is 0 Å². The molecule has 2 aliphatic rings. The van der Waals surface area contributed by atoms with Crippen molar-refractivity contribution in [3.63, 3.8) is 0 Å². The molecule has 2 aromatic rings. The average Bonchev–Trinajstić information content (AvgIpc) is 3.38. The zero-order valence-corrected chi connectivity index (χ0v) is 14.4. The quantitative estimate of drug-likeness (QED) is 0.790. The molecule has 4 rings (SSSR count). The molecular weight excluding hydrogens is 304 g/mol. The molecule has 23 heavy (non-hydrogen) atoms. The van der Waals surface area contributed by atoms with Crippen LogP contribution in [0.2, 0.25) is 5.02 Å². The Kier molecular flexibility index (Phi) is 4.04. The summed E-state index contributed by atoms with van der Waals surface area (Å²) in [5.74, 6) is 0.969. The topological polar surface area (TPSA) is 6.48 Å². The molecule has 1 aliphatic carbocycles. The largest absolute Gasteiger partial charge is 0.345 e. The summed E-state index contributed by atoms with van der Waals surface area (Å²) in [4.78, 5) is 4.86. The van der Waals surface area contributed by atoms with Gasteiger partial charge < -0.3 is 4.90 Å². The molecule has 1 aliphatic heterocycles. The van der Waals surface area contributed by atoms with Gasteiger partial charge in [-0.2, -0.15) is 0 Å². The SMILES string of the molecule is CN(c1ccc(Cl)cc1)c1ccc2c(c1)CN(CC1CC1)CC2. The molecule has 3 heteroatoms. The molecule has 0 bridgehead atoms. The first-order valence-corrected chi connectivity index (χ1v) is 8.90. The highest BCUT2D eigenvalue weighted by Crippen LogP contribution is 2.33. The highest BCUT2D eigenvalue weighted by atomic mass is 35.5. The van der Waals surface area contributed by atoms with Gasteiger partial charge in [0.2, 0.25) is 0 Å². The van der Waals surface area contributed by atoms with Crippen LogP contribution in [0, 0.1) is 5.92 Å². The Bertz CT molecular complexity index is 691. The van der Waals surface area contributed by atoms with Gasteiger partial charge >= 0.3 is 0 Å². The average molecular weight is 327 g/mol. The standard InChI is InChI=1S/C20H23ClN2/c1-22(19-8-5-18(21)6-9-19)20-7-4-16-10-11-23(13-15-2-3-15)14-17(16)12-20/h4-9,12,15H,2-3,10-11,13-14H2,1H3. The van der Waals surface area contributed by atoms with Crippen LogP contribution >= 0.6 is 11.6 Å². The van der Waals surface area contributed by atoms with Crippen molar-refractivity contribution < 1.29 is 0 Å². The molecule has 2 aromatic carbocycles. The van der Waals surface area contributed by atoms with Gasteiger partial charge in [-0.1, -0.05) is 17.7 Å². The third-order valence-electron chi connectivity index (χ3n) is 5.10. The van der Waals surface area contributed by atoms with E-state index in [4.69, 9.17) is 11.6 Å². The molecule has 0 unspecified atom stereocenters. The molecule has 2 nitrogen and oxygen atoms in total. The monoisotopic (exact) mass is 326 g/mol. The Hall–Kier alpha value is -1.51. The zero-order valence-electron chi connectivity index (χ0n) is 13.6. The van der Waals surface area contributed by atoms with Crippen LogP contribution in [0.25, 0.3) is 0 Å². The van der Waals surface area contributed by atoms with E-state index < -0.39 is 0 Å². The molecule has 1 saturated carbocycles. The van der Waals surface area contributed by atoms with Gasteiger partial charge in [-0.05, 0) is 72.7 Å². The van der Waals surface area contributed by atoms with Crippen LogP contribution in [0.15, 0.2) is 42.5 Å². The first-order chi connectivity index (χ1) is 11.2. The molecule has 0 radical (unpaired) electrons. The second-order valence-corrected chi connectivity index (χ2v) is 7.35. The van der Waals surface area contributed by atoms with Crippen LogP contribution in [0.4, 0.5) is 11.4 Å². The minimum absolute atomic E-state index is 0.781. The third kappa shape index (κ3) is 3.39. The number of anilines is 2. The van der Waals surface area contributed by atoms with E-state index in [0.717, 1.165) is 17.5 Å². The number of hydrogen-bond acceptors (Lipinski definition) is 2. The first-order valence-electron chi connectivity index (χ1n) is 8.52. The predicted molar refractivity (Wildman–Crippen MR) is 97.7 cm³/mol. The highest BCUT2D eigenvalue weighted by molar-refractivity contribution is 6.30. The van der Waals surface area contributed by atoms with E-state index in [1.54, 1.807) is 0 Å². The lowest BCUT2D eigenvalue weighted by atomic mass is 9.98. The number of rotatable bonds is 4. The molecule has 0 aromatic heterocycles. The Morgan fingerprint density at radius 2 is 1.78 bits per heavy atom. The van der Waals surface area contributed by atoms with Crippen molar-refractivity contribution in [2.45, 2.75) is 25.8 Å². The van der Waals surface area contributed by atoms with Gasteiger partial charge in [0.05, 0.1) is 0 Å². The maximum absolute atomic E-state index is 6.00. The Balaban J connectivity index is 1.54. The Labute approximate surface area is 143 Å². The van der Waals surface area contributed by atoms with Crippen LogP contribution in [-0.4, -0.2) is 25.0 Å². The maximum atomic E-state index is 6.00. The summed E-state index contributed by atoms with van der Waals surface area (Å²) < 4.78 is 0. The van der Waals surface area contributed by atoms with Crippen LogP contribution in [0.5, 0.6) is 0 Å². The molecule has 1 heterocycles. The lowest BCUT2D eigenvalue weighted by molar-refractivity contribution is 0.244. The number of benzene rings is 2. The van der Waals surface area contributed by atoms with Gasteiger partial charge in [-0.15, -0.1) is 0 Å². The summed E-state index contributed by atoms with van der Waals surface area (Å²) in [5.41, 5.74) is 5.43. The molecule has 0 amide bonds. The van der Waals surface area contributed by atoms with Crippen LogP contribution < -0.4 is 4.90 Å². The number of hydrogen-bond donors (Lipinski definition) is 0. The van der Waals surface area contributed by atoms with E-state index in [1.807, 2.05) is 12.1 Å². The first kappa shape index (κ1) is 15.0. The molecule has 0 saturated heterocycles. The minimum atomic E-state index is 0.781. The summed E-state index contributed by atoms with van der Waals surface area (Å²) >= 11 is 6.00. The van der Waals surface area contributed by atoms with Gasteiger partial charge in [-0.25, -0.2) is 0 Å². The Morgan fingerprint density at radius 1 is 1.04 bits per heavy atom. The summed E-state index contributed by atoms with van der Waals surface area (Å²) in [5, 5.41) is 0.781. The number of nitrogens with zero attached hydrogens (tertiary/aromatic N) is 2. The predicted octanol–water partition coefficient (Wildman–Crippen LogP) is 4.88. The van der Waals surface area contributed by atoms with Gasteiger partial charge in [0.1, 0.15) is 0 Å². The van der Waals surface area contributed by atoms with E-state index in [1.165, 1.54) is 54.9 Å². The van der Waals surface area contributed by atoms with Crippen molar-refractivity contribution in [3.05, 3.63) is 58.6 Å². The van der Waals surface area contributed by atoms with E-state index in [9.17, 15) is 0 Å². The van der Waals surface area contributed by atoms with Crippen molar-refractivity contribution in [2.24, 2.45) is 5.92 Å². The van der Waals surface area contributed by atoms with Crippen molar-refractivity contribution in [2.75, 3.05) is 25.0 Å². The number of halogens is 1. The third-order valence-corrected chi connectivity index (χ3v) is 5.35. The molecule has 0 N–H and O–H groups in total. The Morgan fingerprint density at radius 3 is 2.52 bits per heavy atom. The molecule has 0 spiro atoms. The zero-order chi connectivity index (χ0) is 15.8. The summed E-state index contributed by atoms with van der Waals surface area (Å²) in [7, 11) is 2.12. The van der Waals surface area contributed by atoms with Crippen molar-refractivity contribution >= 4 is 23.0 Å². The van der Waals surface area contributed by atoms with Gasteiger partial charge in [-0.3, -0.25) is 4.90 Å². The van der Waals surface area contributed by atoms with Crippen molar-refractivity contribution in [1.82, 2.24) is 4.90 Å². The maximum Gasteiger partial charge on any atom is 0.0411 e. The van der Waals surface area contributed by atoms with E-state index >= 15 is 0 Å². The second kappa shape index (κ2) is 6.18. The molecule has 1 fully saturated rings. The van der Waals surface area contributed by atoms with Gasteiger partial charge in [0, 0.05) is 43.1 Å². The van der Waals surface area contributed by atoms with Crippen molar-refractivity contribution in [3.8, 4) is 0 Å². The fourth-order valence-electron chi connectivity index (χ4n) is 3.45. The smallest absolute Gasteiger partial charge is 0.0411 e. The lowest BCUT2D eigenvalue weighted by Gasteiger charge is -2.30. The molecular formula is C20H23ClN2. The summed E-state index contributed by atoms with van der Waals surface area (Å²) in [6, 6.07) is 15.0. The van der Waals surface area contributed by atoms with E-state index in [2.05, 4.69) is 47.2 Å². The van der Waals surface area contributed by atoms with Crippen LogP contribution in [0.3, 0.4) is 0 Å².